The smallest absolute Gasteiger partial charge is 0.261 e. The van der Waals surface area contributed by atoms with E-state index in [-0.39, 0.29) is 23.8 Å². The van der Waals surface area contributed by atoms with E-state index in [0.29, 0.717) is 30.5 Å². The second kappa shape index (κ2) is 9.46. The number of rotatable bonds is 8. The van der Waals surface area contributed by atoms with Crippen LogP contribution in [0.2, 0.25) is 0 Å². The number of imide groups is 1. The molecule has 0 fully saturated rings. The molecule has 2 aromatic rings. The number of hydrogen-bond donors (Lipinski definition) is 1. The lowest BCUT2D eigenvalue weighted by molar-refractivity contribution is -0.121. The van der Waals surface area contributed by atoms with E-state index in [4.69, 9.17) is 0 Å². The largest absolute Gasteiger partial charge is 0.350 e. The number of unbranched alkanes of at least 4 members (excludes halogenated alkanes) is 2. The van der Waals surface area contributed by atoms with Gasteiger partial charge in [0.15, 0.2) is 0 Å². The fourth-order valence-corrected chi connectivity index (χ4v) is 4.59. The molecule has 4 rings (SSSR count). The maximum Gasteiger partial charge on any atom is 0.261 e. The molecule has 1 N–H and O–H groups in total. The molecule has 5 nitrogen and oxygen atoms in total. The van der Waals surface area contributed by atoms with Gasteiger partial charge in [-0.05, 0) is 74.3 Å². The van der Waals surface area contributed by atoms with Crippen LogP contribution in [0.5, 0.6) is 0 Å². The summed E-state index contributed by atoms with van der Waals surface area (Å²) in [6, 6.07) is 13.5. The summed E-state index contributed by atoms with van der Waals surface area (Å²) in [4.78, 5) is 38.4. The first kappa shape index (κ1) is 21.3. The average Bonchev–Trinajstić information content (AvgIpc) is 3.03. The van der Waals surface area contributed by atoms with Gasteiger partial charge < -0.3 is 5.32 Å². The van der Waals surface area contributed by atoms with Gasteiger partial charge in [0.2, 0.25) is 5.91 Å². The van der Waals surface area contributed by atoms with Crippen LogP contribution in [0.15, 0.2) is 42.5 Å². The summed E-state index contributed by atoms with van der Waals surface area (Å²) in [7, 11) is 0. The van der Waals surface area contributed by atoms with Crippen molar-refractivity contribution in [3.8, 4) is 0 Å². The van der Waals surface area contributed by atoms with E-state index in [9.17, 15) is 14.4 Å². The minimum Gasteiger partial charge on any atom is -0.350 e. The van der Waals surface area contributed by atoms with Crippen molar-refractivity contribution in [3.05, 3.63) is 70.3 Å². The van der Waals surface area contributed by atoms with Crippen LogP contribution in [-0.4, -0.2) is 29.2 Å². The number of hydrogen-bond acceptors (Lipinski definition) is 3. The van der Waals surface area contributed by atoms with Crippen LogP contribution >= 0.6 is 0 Å². The summed E-state index contributed by atoms with van der Waals surface area (Å²) in [5.74, 6) is -0.375. The Bertz CT molecular complexity index is 963. The Balaban J connectivity index is 1.18. The molecular formula is C26H30N2O3. The molecule has 0 saturated carbocycles. The Morgan fingerprint density at radius 1 is 0.935 bits per heavy atom. The molecule has 0 spiro atoms. The van der Waals surface area contributed by atoms with Gasteiger partial charge in [-0.1, -0.05) is 36.8 Å². The molecule has 31 heavy (non-hydrogen) atoms. The number of carbonyl (C=O) groups excluding carboxylic acids is 3. The molecule has 162 valence electrons. The molecular weight excluding hydrogens is 388 g/mol. The van der Waals surface area contributed by atoms with Crippen LogP contribution in [0.1, 0.15) is 88.9 Å². The SMILES string of the molecule is C[C@H](NC(=O)CCCCCN1C(=O)c2ccccc2C1=O)c1ccc2c(c1)CCCC2. The zero-order valence-corrected chi connectivity index (χ0v) is 18.2. The first-order chi connectivity index (χ1) is 15.0. The quantitative estimate of drug-likeness (QED) is 0.503. The summed E-state index contributed by atoms with van der Waals surface area (Å²) < 4.78 is 0. The van der Waals surface area contributed by atoms with Crippen LogP contribution < -0.4 is 5.32 Å². The third kappa shape index (κ3) is 4.71. The highest BCUT2D eigenvalue weighted by molar-refractivity contribution is 6.21. The van der Waals surface area contributed by atoms with Crippen molar-refractivity contribution < 1.29 is 14.4 Å². The first-order valence-electron chi connectivity index (χ1n) is 11.4. The molecule has 1 aliphatic carbocycles. The van der Waals surface area contributed by atoms with Crippen molar-refractivity contribution in [2.24, 2.45) is 0 Å². The molecule has 1 atom stereocenters. The summed E-state index contributed by atoms with van der Waals surface area (Å²) >= 11 is 0. The fraction of sp³-hybridized carbons (Fsp3) is 0.423. The van der Waals surface area contributed by atoms with Crippen LogP contribution in [0.3, 0.4) is 0 Å². The van der Waals surface area contributed by atoms with Gasteiger partial charge in [0.25, 0.3) is 11.8 Å². The van der Waals surface area contributed by atoms with E-state index in [1.807, 2.05) is 6.92 Å². The molecule has 2 aliphatic rings. The Labute approximate surface area is 183 Å². The number of nitrogens with zero attached hydrogens (tertiary/aromatic N) is 1. The predicted molar refractivity (Wildman–Crippen MR) is 120 cm³/mol. The van der Waals surface area contributed by atoms with Gasteiger partial charge in [-0.2, -0.15) is 0 Å². The van der Waals surface area contributed by atoms with Gasteiger partial charge in [0.05, 0.1) is 17.2 Å². The van der Waals surface area contributed by atoms with E-state index in [0.717, 1.165) is 25.7 Å². The van der Waals surface area contributed by atoms with Gasteiger partial charge in [-0.3, -0.25) is 19.3 Å². The highest BCUT2D eigenvalue weighted by Gasteiger charge is 2.34. The van der Waals surface area contributed by atoms with E-state index in [2.05, 4.69) is 23.5 Å². The maximum absolute atomic E-state index is 12.4. The molecule has 0 aromatic heterocycles. The number of benzene rings is 2. The Hall–Kier alpha value is -2.95. The molecule has 0 unspecified atom stereocenters. The molecule has 2 aromatic carbocycles. The van der Waals surface area contributed by atoms with Crippen molar-refractivity contribution in [2.45, 2.75) is 64.3 Å². The minimum atomic E-state index is -0.211. The van der Waals surface area contributed by atoms with E-state index < -0.39 is 0 Å². The lowest BCUT2D eigenvalue weighted by atomic mass is 9.89. The molecule has 0 bridgehead atoms. The van der Waals surface area contributed by atoms with Crippen molar-refractivity contribution in [2.75, 3.05) is 6.54 Å². The van der Waals surface area contributed by atoms with Gasteiger partial charge in [-0.25, -0.2) is 0 Å². The van der Waals surface area contributed by atoms with Crippen molar-refractivity contribution >= 4 is 17.7 Å². The monoisotopic (exact) mass is 418 g/mol. The fourth-order valence-electron chi connectivity index (χ4n) is 4.59. The maximum atomic E-state index is 12.4. The van der Waals surface area contributed by atoms with Crippen LogP contribution in [0, 0.1) is 0 Å². The lowest BCUT2D eigenvalue weighted by Crippen LogP contribution is -2.30. The van der Waals surface area contributed by atoms with Crippen LogP contribution in [-0.2, 0) is 17.6 Å². The second-order valence-corrected chi connectivity index (χ2v) is 8.64. The minimum absolute atomic E-state index is 0.00178. The molecule has 0 saturated heterocycles. The molecule has 3 amide bonds. The summed E-state index contributed by atoms with van der Waals surface area (Å²) in [6.45, 7) is 2.43. The van der Waals surface area contributed by atoms with E-state index >= 15 is 0 Å². The number of nitrogens with one attached hydrogen (secondary N) is 1. The van der Waals surface area contributed by atoms with E-state index in [1.165, 1.54) is 34.4 Å². The average molecular weight is 419 g/mol. The highest BCUT2D eigenvalue weighted by Crippen LogP contribution is 2.25. The summed E-state index contributed by atoms with van der Waals surface area (Å²) in [6.07, 6.45) is 7.52. The zero-order valence-electron chi connectivity index (χ0n) is 18.2. The summed E-state index contributed by atoms with van der Waals surface area (Å²) in [5.41, 5.74) is 5.02. The first-order valence-corrected chi connectivity index (χ1v) is 11.4. The number of amides is 3. The predicted octanol–water partition coefficient (Wildman–Crippen LogP) is 4.60. The number of aryl methyl sites for hydroxylation is 2. The van der Waals surface area contributed by atoms with E-state index in [1.54, 1.807) is 24.3 Å². The Kier molecular flexibility index (Phi) is 6.50. The summed E-state index contributed by atoms with van der Waals surface area (Å²) in [5, 5.41) is 3.10. The molecule has 5 heteroatoms. The van der Waals surface area contributed by atoms with Crippen molar-refractivity contribution in [3.63, 3.8) is 0 Å². The molecule has 1 heterocycles. The Morgan fingerprint density at radius 2 is 1.61 bits per heavy atom. The normalized spacial score (nSPS) is 16.1. The molecule has 1 aliphatic heterocycles. The lowest BCUT2D eigenvalue weighted by Gasteiger charge is -2.20. The topological polar surface area (TPSA) is 66.5 Å². The van der Waals surface area contributed by atoms with Crippen molar-refractivity contribution in [1.29, 1.82) is 0 Å². The van der Waals surface area contributed by atoms with Crippen LogP contribution in [0.4, 0.5) is 0 Å². The number of carbonyl (C=O) groups is 3. The van der Waals surface area contributed by atoms with Gasteiger partial charge in [0.1, 0.15) is 0 Å². The van der Waals surface area contributed by atoms with Crippen LogP contribution in [0.25, 0.3) is 0 Å². The highest BCUT2D eigenvalue weighted by atomic mass is 16.2. The third-order valence-electron chi connectivity index (χ3n) is 6.41. The number of fused-ring (bicyclic) bond motifs is 2. The molecule has 0 radical (unpaired) electrons. The van der Waals surface area contributed by atoms with Gasteiger partial charge in [-0.15, -0.1) is 0 Å². The Morgan fingerprint density at radius 3 is 2.32 bits per heavy atom. The second-order valence-electron chi connectivity index (χ2n) is 8.64. The standard InChI is InChI=1S/C26H30N2O3/c1-18(20-15-14-19-9-4-5-10-21(19)17-20)27-24(29)13-3-2-8-16-28-25(30)22-11-6-7-12-23(22)26(28)31/h6-7,11-12,14-15,17-18H,2-5,8-10,13,16H2,1H3,(H,27,29)/t18-/m0/s1. The zero-order chi connectivity index (χ0) is 21.8. The van der Waals surface area contributed by atoms with Gasteiger partial charge >= 0.3 is 0 Å². The van der Waals surface area contributed by atoms with Crippen molar-refractivity contribution in [1.82, 2.24) is 10.2 Å². The third-order valence-corrected chi connectivity index (χ3v) is 6.41. The van der Waals surface area contributed by atoms with Gasteiger partial charge in [0, 0.05) is 13.0 Å².